The van der Waals surface area contributed by atoms with Gasteiger partial charge in [0.2, 0.25) is 11.9 Å². The van der Waals surface area contributed by atoms with Gasteiger partial charge >= 0.3 is 12.1 Å². The van der Waals surface area contributed by atoms with Crippen LogP contribution in [0.5, 0.6) is 5.88 Å². The van der Waals surface area contributed by atoms with E-state index in [1.165, 1.54) is 25.1 Å². The zero-order valence-corrected chi connectivity index (χ0v) is 26.3. The molecule has 13 nitrogen and oxygen atoms in total. The van der Waals surface area contributed by atoms with Crippen LogP contribution in [-0.4, -0.2) is 62.9 Å². The molecule has 0 bridgehead atoms. The van der Waals surface area contributed by atoms with Crippen molar-refractivity contribution >= 4 is 46.5 Å². The van der Waals surface area contributed by atoms with E-state index < -0.39 is 30.3 Å². The van der Waals surface area contributed by atoms with Gasteiger partial charge in [0.1, 0.15) is 0 Å². The van der Waals surface area contributed by atoms with Crippen molar-refractivity contribution in [2.24, 2.45) is 5.92 Å². The van der Waals surface area contributed by atoms with Crippen LogP contribution in [0.1, 0.15) is 53.2 Å². The summed E-state index contributed by atoms with van der Waals surface area (Å²) in [6.07, 6.45) is 1.18. The average molecular weight is 631 g/mol. The van der Waals surface area contributed by atoms with Crippen molar-refractivity contribution in [2.45, 2.75) is 65.4 Å². The third-order valence-electron chi connectivity index (χ3n) is 7.49. The fourth-order valence-electron chi connectivity index (χ4n) is 5.56. The lowest BCUT2D eigenvalue weighted by atomic mass is 9.93. The van der Waals surface area contributed by atoms with Crippen LogP contribution < -0.4 is 15.0 Å². The van der Waals surface area contributed by atoms with Gasteiger partial charge in [0.15, 0.2) is 23.5 Å². The van der Waals surface area contributed by atoms with Crippen LogP contribution in [0.25, 0.3) is 11.2 Å². The molecule has 0 unspecified atom stereocenters. The van der Waals surface area contributed by atoms with Crippen LogP contribution in [0.3, 0.4) is 0 Å². The first-order chi connectivity index (χ1) is 22.3. The summed E-state index contributed by atoms with van der Waals surface area (Å²) in [6, 6.07) is 18.1. The molecule has 2 aromatic heterocycles. The second kappa shape index (κ2) is 14.9. The smallest absolute Gasteiger partial charge is 0.425 e. The van der Waals surface area contributed by atoms with Crippen LogP contribution in [0.2, 0.25) is 0 Å². The minimum atomic E-state index is -0.802. The number of carbonyl (C=O) groups is 3. The van der Waals surface area contributed by atoms with E-state index in [-0.39, 0.29) is 35.0 Å². The molecule has 1 N–H and O–H groups in total. The average Bonchev–Trinajstić information content (AvgIpc) is 3.61. The number of ether oxygens (including phenoxy) is 4. The molecule has 2 amide bonds. The minimum absolute atomic E-state index is 0.103. The molecule has 4 atom stereocenters. The maximum atomic E-state index is 13.8. The Morgan fingerprint density at radius 1 is 0.957 bits per heavy atom. The number of anilines is 3. The molecule has 1 aliphatic heterocycles. The van der Waals surface area contributed by atoms with Crippen molar-refractivity contribution in [3.63, 3.8) is 0 Å². The first kappa shape index (κ1) is 32.5. The molecule has 1 saturated heterocycles. The van der Waals surface area contributed by atoms with Crippen LogP contribution in [-0.2, 0) is 23.8 Å². The molecule has 2 aromatic carbocycles. The van der Waals surface area contributed by atoms with Crippen molar-refractivity contribution in [3.8, 4) is 5.88 Å². The van der Waals surface area contributed by atoms with Crippen LogP contribution in [0.15, 0.2) is 67.0 Å². The van der Waals surface area contributed by atoms with E-state index >= 15 is 0 Å². The Hall–Kier alpha value is -4.88. The number of hydrogen-bond donors (Lipinski definition) is 1. The summed E-state index contributed by atoms with van der Waals surface area (Å²) >= 11 is 0. The lowest BCUT2D eigenvalue weighted by Gasteiger charge is -2.24. The summed E-state index contributed by atoms with van der Waals surface area (Å²) in [6.45, 7) is 7.84. The van der Waals surface area contributed by atoms with E-state index in [0.717, 1.165) is 6.42 Å². The Kier molecular flexibility index (Phi) is 10.6. The molecule has 1 aliphatic rings. The highest BCUT2D eigenvalue weighted by Crippen LogP contribution is 2.41. The second-order valence-corrected chi connectivity index (χ2v) is 10.8. The monoisotopic (exact) mass is 630 g/mol. The molecule has 1 fully saturated rings. The van der Waals surface area contributed by atoms with Gasteiger partial charge in [-0.25, -0.2) is 14.7 Å². The van der Waals surface area contributed by atoms with Gasteiger partial charge in [-0.1, -0.05) is 50.2 Å². The highest BCUT2D eigenvalue weighted by atomic mass is 16.6. The Bertz CT molecular complexity index is 1610. The highest BCUT2D eigenvalue weighted by Gasteiger charge is 2.47. The number of imidazole rings is 1. The van der Waals surface area contributed by atoms with Gasteiger partial charge in [-0.2, -0.15) is 9.97 Å². The normalized spacial score (nSPS) is 19.1. The van der Waals surface area contributed by atoms with Crippen molar-refractivity contribution in [2.75, 3.05) is 23.4 Å². The molecular formula is C33H38N6O7. The van der Waals surface area contributed by atoms with Gasteiger partial charge < -0.3 is 18.9 Å². The van der Waals surface area contributed by atoms with E-state index in [9.17, 15) is 14.4 Å². The third kappa shape index (κ3) is 7.32. The van der Waals surface area contributed by atoms with Crippen molar-refractivity contribution in [3.05, 3.63) is 67.0 Å². The first-order valence-electron chi connectivity index (χ1n) is 15.3. The predicted molar refractivity (Wildman–Crippen MR) is 170 cm³/mol. The fourth-order valence-corrected chi connectivity index (χ4v) is 5.56. The number of fused-ring (bicyclic) bond motifs is 1. The van der Waals surface area contributed by atoms with Gasteiger partial charge in [0.25, 0.3) is 5.88 Å². The predicted octanol–water partition coefficient (Wildman–Crippen LogP) is 5.79. The lowest BCUT2D eigenvalue weighted by Crippen LogP contribution is -2.32. The summed E-state index contributed by atoms with van der Waals surface area (Å²) in [7, 11) is 0. The lowest BCUT2D eigenvalue weighted by molar-refractivity contribution is -0.154. The minimum Gasteiger partial charge on any atom is -0.457 e. The number of hydrogen-bond acceptors (Lipinski definition) is 10. The Labute approximate surface area is 266 Å². The Morgan fingerprint density at radius 2 is 1.63 bits per heavy atom. The van der Waals surface area contributed by atoms with Crippen LogP contribution >= 0.6 is 0 Å². The standard InChI is InChI=1S/C33H38N6O7/c1-5-18-43-19-17-25-26(6-2)45-31(28(25)44-22(4)41)38-20-34-27-29(38)36-32(35-21(3)40)37-30(27)46-33(42)39(23-13-9-7-10-14-23)24-15-11-8-12-16-24/h7-16,20,25-26,28,31H,5-6,17-19H2,1-4H3,(H,35,36,37,40)/t25-,26-,28-,31-/m1/s1. The molecule has 4 aromatic rings. The number of esters is 1. The fraction of sp³-hybridized carbons (Fsp3) is 0.394. The van der Waals surface area contributed by atoms with Gasteiger partial charge in [-0.15, -0.1) is 0 Å². The van der Waals surface area contributed by atoms with Crippen molar-refractivity contribution in [1.29, 1.82) is 0 Å². The molecule has 0 aliphatic carbocycles. The van der Waals surface area contributed by atoms with Gasteiger partial charge in [-0.05, 0) is 43.5 Å². The highest BCUT2D eigenvalue weighted by molar-refractivity contribution is 5.98. The molecular weight excluding hydrogens is 592 g/mol. The summed E-state index contributed by atoms with van der Waals surface area (Å²) in [5.41, 5.74) is 1.50. The summed E-state index contributed by atoms with van der Waals surface area (Å²) in [5, 5.41) is 2.57. The molecule has 0 radical (unpaired) electrons. The summed E-state index contributed by atoms with van der Waals surface area (Å²) in [4.78, 5) is 52.9. The largest absolute Gasteiger partial charge is 0.457 e. The number of para-hydroxylation sites is 2. The van der Waals surface area contributed by atoms with E-state index in [1.54, 1.807) is 28.8 Å². The molecule has 242 valence electrons. The van der Waals surface area contributed by atoms with E-state index in [2.05, 4.69) is 20.3 Å². The molecule has 5 rings (SSSR count). The molecule has 0 saturated carbocycles. The molecule has 0 spiro atoms. The van der Waals surface area contributed by atoms with E-state index in [4.69, 9.17) is 18.9 Å². The van der Waals surface area contributed by atoms with Crippen LogP contribution in [0.4, 0.5) is 22.1 Å². The SMILES string of the molecule is CCCOCC[C@H]1[C@@H](OC(C)=O)[C@H](n2cnc3c(OC(=O)N(c4ccccc4)c4ccccc4)nc(NC(C)=O)nc32)O[C@@H]1CC. The molecule has 3 heterocycles. The summed E-state index contributed by atoms with van der Waals surface area (Å²) in [5.74, 6) is -1.31. The summed E-state index contributed by atoms with van der Waals surface area (Å²) < 4.78 is 25.6. The first-order valence-corrected chi connectivity index (χ1v) is 15.3. The maximum absolute atomic E-state index is 13.8. The van der Waals surface area contributed by atoms with Gasteiger partial charge in [0, 0.05) is 33.0 Å². The zero-order valence-electron chi connectivity index (χ0n) is 26.3. The maximum Gasteiger partial charge on any atom is 0.425 e. The van der Waals surface area contributed by atoms with E-state index in [0.29, 0.717) is 37.4 Å². The number of carbonyl (C=O) groups excluding carboxylic acids is 3. The number of nitrogens with zero attached hydrogens (tertiary/aromatic N) is 5. The van der Waals surface area contributed by atoms with Crippen molar-refractivity contribution in [1.82, 2.24) is 19.5 Å². The Balaban J connectivity index is 1.54. The zero-order chi connectivity index (χ0) is 32.6. The van der Waals surface area contributed by atoms with Crippen LogP contribution in [0, 0.1) is 5.92 Å². The second-order valence-electron chi connectivity index (χ2n) is 10.8. The van der Waals surface area contributed by atoms with Gasteiger partial charge in [-0.3, -0.25) is 19.5 Å². The number of rotatable bonds is 12. The van der Waals surface area contributed by atoms with Gasteiger partial charge in [0.05, 0.1) is 23.8 Å². The van der Waals surface area contributed by atoms with E-state index in [1.807, 2.05) is 50.2 Å². The topological polar surface area (TPSA) is 147 Å². The van der Waals surface area contributed by atoms with Crippen molar-refractivity contribution < 1.29 is 33.3 Å². The molecule has 13 heteroatoms. The number of nitrogens with one attached hydrogen (secondary N) is 1. The molecule has 46 heavy (non-hydrogen) atoms. The third-order valence-corrected chi connectivity index (χ3v) is 7.49. The number of amides is 2. The number of aromatic nitrogens is 4. The Morgan fingerprint density at radius 3 is 2.22 bits per heavy atom. The number of benzene rings is 2. The quantitative estimate of drug-likeness (QED) is 0.151.